The quantitative estimate of drug-likeness (QED) is 0.538. The molecule has 1 atom stereocenters. The molecule has 0 saturated carbocycles. The summed E-state index contributed by atoms with van der Waals surface area (Å²) in [7, 11) is 16.6. The first kappa shape index (κ1) is 35.7. The number of methoxy groups -OCH3 is 2. The number of rotatable bonds is 3. The number of anilines is 1. The van der Waals surface area contributed by atoms with Crippen LogP contribution in [0.15, 0.2) is 24.3 Å². The monoisotopic (exact) mass is 578 g/mol. The van der Waals surface area contributed by atoms with Gasteiger partial charge in [0.1, 0.15) is 5.75 Å². The number of benzene rings is 1. The van der Waals surface area contributed by atoms with Gasteiger partial charge in [-0.2, -0.15) is 0 Å². The lowest BCUT2D eigenvalue weighted by atomic mass is 10.1. The molecule has 0 N–H and O–H groups in total. The average molecular weight is 578 g/mol. The Kier molecular flexibility index (Phi) is 17.1. The zero-order valence-electron chi connectivity index (χ0n) is 28.0. The lowest BCUT2D eigenvalue weighted by Gasteiger charge is -2.35. The zero-order chi connectivity index (χ0) is 30.2. The van der Waals surface area contributed by atoms with Gasteiger partial charge in [-0.1, -0.05) is 0 Å². The molecular formula is C32H63N7O2. The van der Waals surface area contributed by atoms with Gasteiger partial charge >= 0.3 is 0 Å². The van der Waals surface area contributed by atoms with Crippen molar-refractivity contribution >= 4 is 5.69 Å². The Labute approximate surface area is 252 Å². The highest BCUT2D eigenvalue weighted by molar-refractivity contribution is 5.49. The number of piperazine rings is 3. The molecule has 0 spiro atoms. The smallest absolute Gasteiger partial charge is 0.119 e. The lowest BCUT2D eigenvalue weighted by Crippen LogP contribution is -2.48. The van der Waals surface area contributed by atoms with Crippen LogP contribution in [0.5, 0.6) is 5.75 Å². The fraction of sp³-hybridized carbons (Fsp3) is 0.812. The predicted octanol–water partition coefficient (Wildman–Crippen LogP) is 2.29. The fourth-order valence-corrected chi connectivity index (χ4v) is 5.22. The van der Waals surface area contributed by atoms with Crippen LogP contribution in [0.2, 0.25) is 0 Å². The highest BCUT2D eigenvalue weighted by Gasteiger charge is 2.17. The van der Waals surface area contributed by atoms with Crippen LogP contribution in [0, 0.1) is 0 Å². The van der Waals surface area contributed by atoms with Crippen molar-refractivity contribution in [2.75, 3.05) is 146 Å². The van der Waals surface area contributed by atoms with E-state index in [0.717, 1.165) is 38.0 Å². The topological polar surface area (TPSA) is 41.1 Å². The fourth-order valence-electron chi connectivity index (χ4n) is 5.22. The number of hydrogen-bond donors (Lipinski definition) is 0. The molecule has 0 amide bonds. The number of piperidine rings is 1. The van der Waals surface area contributed by atoms with Crippen molar-refractivity contribution in [2.45, 2.75) is 31.9 Å². The molecule has 1 unspecified atom stereocenters. The minimum atomic E-state index is 0.529. The molecule has 1 aromatic carbocycles. The number of hydrogen-bond acceptors (Lipinski definition) is 9. The number of nitrogens with zero attached hydrogens (tertiary/aromatic N) is 7. The van der Waals surface area contributed by atoms with Crippen LogP contribution in [0.3, 0.4) is 0 Å². The number of likely N-dealkylation sites (N-methyl/N-ethyl adjacent to an activating group) is 5. The van der Waals surface area contributed by atoms with Crippen molar-refractivity contribution in [2.24, 2.45) is 0 Å². The molecule has 4 saturated heterocycles. The summed E-state index contributed by atoms with van der Waals surface area (Å²) in [5.74, 6) is 0.924. The van der Waals surface area contributed by atoms with E-state index >= 15 is 0 Å². The first-order valence-electron chi connectivity index (χ1n) is 15.7. The van der Waals surface area contributed by atoms with E-state index < -0.39 is 0 Å². The van der Waals surface area contributed by atoms with Gasteiger partial charge in [-0.25, -0.2) is 0 Å². The molecule has 4 aliphatic heterocycles. The molecule has 0 radical (unpaired) electrons. The van der Waals surface area contributed by atoms with Gasteiger partial charge in [-0.15, -0.1) is 0 Å². The molecule has 238 valence electrons. The molecule has 0 bridgehead atoms. The first-order valence-corrected chi connectivity index (χ1v) is 15.7. The Hall–Kier alpha value is -1.46. The lowest BCUT2D eigenvalue weighted by molar-refractivity contribution is 0.0484. The third kappa shape index (κ3) is 14.5. The highest BCUT2D eigenvalue weighted by Crippen LogP contribution is 2.20. The maximum Gasteiger partial charge on any atom is 0.119 e. The molecule has 4 aliphatic rings. The molecular weight excluding hydrogens is 514 g/mol. The third-order valence-electron chi connectivity index (χ3n) is 8.83. The van der Waals surface area contributed by atoms with Gasteiger partial charge in [0, 0.05) is 104 Å². The van der Waals surface area contributed by atoms with E-state index in [1.165, 1.54) is 77.4 Å². The first-order chi connectivity index (χ1) is 19.6. The van der Waals surface area contributed by atoms with E-state index in [-0.39, 0.29) is 0 Å². The second-order valence-electron chi connectivity index (χ2n) is 12.4. The molecule has 5 rings (SSSR count). The second kappa shape index (κ2) is 19.7. The second-order valence-corrected chi connectivity index (χ2v) is 12.4. The minimum absolute atomic E-state index is 0.529. The Balaban J connectivity index is 0.000000199. The molecule has 9 nitrogen and oxygen atoms in total. The van der Waals surface area contributed by atoms with Gasteiger partial charge in [0.25, 0.3) is 0 Å². The summed E-state index contributed by atoms with van der Waals surface area (Å²) in [6.07, 6.45) is 2.93. The Morgan fingerprint density at radius 1 is 0.561 bits per heavy atom. The van der Waals surface area contributed by atoms with Crippen LogP contribution in [-0.4, -0.2) is 183 Å². The summed E-state index contributed by atoms with van der Waals surface area (Å²) in [4.78, 5) is 16.6. The van der Waals surface area contributed by atoms with Gasteiger partial charge in [-0.05, 0) is 86.3 Å². The summed E-state index contributed by atoms with van der Waals surface area (Å²) < 4.78 is 10.4. The zero-order valence-corrected chi connectivity index (χ0v) is 28.0. The van der Waals surface area contributed by atoms with E-state index in [4.69, 9.17) is 9.47 Å². The van der Waals surface area contributed by atoms with Crippen molar-refractivity contribution in [3.05, 3.63) is 24.3 Å². The van der Waals surface area contributed by atoms with Crippen LogP contribution >= 0.6 is 0 Å². The van der Waals surface area contributed by atoms with Gasteiger partial charge in [0.2, 0.25) is 0 Å². The molecule has 0 aliphatic carbocycles. The molecule has 4 fully saturated rings. The maximum absolute atomic E-state index is 5.21. The van der Waals surface area contributed by atoms with E-state index in [1.807, 2.05) is 12.1 Å². The summed E-state index contributed by atoms with van der Waals surface area (Å²) in [6, 6.07) is 9.04. The number of likely N-dealkylation sites (tertiary alicyclic amines) is 1. The van der Waals surface area contributed by atoms with Crippen molar-refractivity contribution in [1.82, 2.24) is 29.4 Å². The molecule has 1 aromatic rings. The normalized spacial score (nSPS) is 24.3. The largest absolute Gasteiger partial charge is 0.497 e. The Morgan fingerprint density at radius 3 is 1.41 bits per heavy atom. The van der Waals surface area contributed by atoms with Crippen LogP contribution in [0.1, 0.15) is 19.8 Å². The van der Waals surface area contributed by atoms with Crippen LogP contribution < -0.4 is 9.64 Å². The highest BCUT2D eigenvalue weighted by atomic mass is 16.5. The number of ether oxygens (including phenoxy) is 2. The molecule has 41 heavy (non-hydrogen) atoms. The molecule has 9 heteroatoms. The Bertz CT molecular complexity index is 762. The van der Waals surface area contributed by atoms with Gasteiger partial charge < -0.3 is 43.8 Å². The predicted molar refractivity (Wildman–Crippen MR) is 175 cm³/mol. The van der Waals surface area contributed by atoms with E-state index in [1.54, 1.807) is 14.2 Å². The van der Waals surface area contributed by atoms with Crippen molar-refractivity contribution in [3.8, 4) is 5.75 Å². The maximum atomic E-state index is 5.21. The Morgan fingerprint density at radius 2 is 1.00 bits per heavy atom. The van der Waals surface area contributed by atoms with Gasteiger partial charge in [0.05, 0.1) is 13.2 Å². The van der Waals surface area contributed by atoms with E-state index in [2.05, 4.69) is 95.6 Å². The standard InChI is InChI=1S/C12H18N2O.C7H16N2.C7H15NO.C6H14N2/c1-13-7-9-14(10-8-13)11-3-5-12(15-2)6-4-11;1-7-6-8(2)4-5-9(7)3;1-8-5-3-7(9-2)4-6-8;1-7-3-5-8(2)6-4-7/h3-6H,7-10H2,1-2H3;7H,4-6H2,1-3H3;7H,3-6H2,1-2H3;3-6H2,1-2H3. The van der Waals surface area contributed by atoms with Crippen molar-refractivity contribution in [1.29, 1.82) is 0 Å². The van der Waals surface area contributed by atoms with Crippen molar-refractivity contribution < 1.29 is 9.47 Å². The van der Waals surface area contributed by atoms with E-state index in [0.29, 0.717) is 6.10 Å². The summed E-state index contributed by atoms with van der Waals surface area (Å²) in [5.41, 5.74) is 1.30. The van der Waals surface area contributed by atoms with Gasteiger partial charge in [-0.3, -0.25) is 0 Å². The minimum Gasteiger partial charge on any atom is -0.497 e. The summed E-state index contributed by atoms with van der Waals surface area (Å²) in [5, 5.41) is 0. The summed E-state index contributed by atoms with van der Waals surface area (Å²) >= 11 is 0. The van der Waals surface area contributed by atoms with Crippen LogP contribution in [-0.2, 0) is 4.74 Å². The summed E-state index contributed by atoms with van der Waals surface area (Å²) in [6.45, 7) is 17.8. The van der Waals surface area contributed by atoms with Crippen LogP contribution in [0.4, 0.5) is 5.69 Å². The van der Waals surface area contributed by atoms with Crippen LogP contribution in [0.25, 0.3) is 0 Å². The van der Waals surface area contributed by atoms with Crippen molar-refractivity contribution in [3.63, 3.8) is 0 Å². The third-order valence-corrected chi connectivity index (χ3v) is 8.83. The van der Waals surface area contributed by atoms with E-state index in [9.17, 15) is 0 Å². The molecule has 0 aromatic heterocycles. The van der Waals surface area contributed by atoms with Gasteiger partial charge in [0.15, 0.2) is 0 Å². The SMILES string of the molecule is CC1CN(C)CCN1C.CN1CCN(C)CC1.COC1CCN(C)CC1.COc1ccc(N2CCN(C)CC2)cc1. The average Bonchev–Trinajstić information content (AvgIpc) is 2.99. The molecule has 4 heterocycles.